The van der Waals surface area contributed by atoms with Gasteiger partial charge in [-0.15, -0.1) is 11.3 Å². The Bertz CT molecular complexity index is 586. The Morgan fingerprint density at radius 3 is 2.74 bits per heavy atom. The van der Waals surface area contributed by atoms with Crippen molar-refractivity contribution in [3.8, 4) is 5.75 Å². The number of hydrogen-bond acceptors (Lipinski definition) is 5. The summed E-state index contributed by atoms with van der Waals surface area (Å²) in [5.41, 5.74) is 2.36. The van der Waals surface area contributed by atoms with Crippen molar-refractivity contribution in [3.05, 3.63) is 45.4 Å². The first-order chi connectivity index (χ1) is 9.11. The molecule has 0 unspecified atom stereocenters. The van der Waals surface area contributed by atoms with Crippen LogP contribution in [0.4, 0.5) is 0 Å². The molecule has 2 aromatic rings. The molecule has 0 saturated carbocycles. The molecule has 1 N–H and O–H groups in total. The van der Waals surface area contributed by atoms with E-state index in [1.54, 1.807) is 18.3 Å². The zero-order chi connectivity index (χ0) is 13.8. The molecule has 4 nitrogen and oxygen atoms in total. The fourth-order valence-electron chi connectivity index (χ4n) is 1.69. The number of oxime groups is 1. The van der Waals surface area contributed by atoms with Crippen molar-refractivity contribution < 1.29 is 9.94 Å². The van der Waals surface area contributed by atoms with Crippen molar-refractivity contribution in [2.75, 3.05) is 0 Å². The first-order valence-corrected chi connectivity index (χ1v) is 6.77. The van der Waals surface area contributed by atoms with Gasteiger partial charge in [0, 0.05) is 10.4 Å². The summed E-state index contributed by atoms with van der Waals surface area (Å²) >= 11 is 1.64. The summed E-state index contributed by atoms with van der Waals surface area (Å²) in [4.78, 5) is 5.64. The van der Waals surface area contributed by atoms with E-state index in [1.807, 2.05) is 38.1 Å². The fraction of sp³-hybridized carbons (Fsp3) is 0.286. The molecule has 0 bridgehead atoms. The average Bonchev–Trinajstić information content (AvgIpc) is 2.75. The lowest BCUT2D eigenvalue weighted by Crippen LogP contribution is -2.02. The Morgan fingerprint density at radius 1 is 1.37 bits per heavy atom. The Balaban J connectivity index is 2.15. The van der Waals surface area contributed by atoms with E-state index in [4.69, 9.17) is 9.94 Å². The number of aryl methyl sites for hydroxylation is 2. The fourth-order valence-corrected chi connectivity index (χ4v) is 2.53. The predicted octanol–water partition coefficient (Wildman–Crippen LogP) is 3.54. The van der Waals surface area contributed by atoms with E-state index in [0.29, 0.717) is 18.1 Å². The van der Waals surface area contributed by atoms with Gasteiger partial charge in [0.15, 0.2) is 0 Å². The minimum atomic E-state index is 0.426. The highest BCUT2D eigenvalue weighted by atomic mass is 32.1. The number of benzene rings is 1. The predicted molar refractivity (Wildman–Crippen MR) is 76.4 cm³/mol. The van der Waals surface area contributed by atoms with Gasteiger partial charge in [0.1, 0.15) is 17.4 Å². The number of ether oxygens (including phenoxy) is 1. The third kappa shape index (κ3) is 3.12. The summed E-state index contributed by atoms with van der Waals surface area (Å²) in [6, 6.07) is 7.50. The summed E-state index contributed by atoms with van der Waals surface area (Å²) in [5, 5.41) is 13.0. The second-order valence-corrected chi connectivity index (χ2v) is 5.51. The average molecular weight is 276 g/mol. The van der Waals surface area contributed by atoms with Crippen LogP contribution in [0.1, 0.15) is 28.1 Å². The van der Waals surface area contributed by atoms with Gasteiger partial charge in [-0.05, 0) is 32.9 Å². The van der Waals surface area contributed by atoms with Crippen LogP contribution >= 0.6 is 11.3 Å². The van der Waals surface area contributed by atoms with E-state index in [9.17, 15) is 0 Å². The standard InChI is InChI=1S/C14H16N2O2S/c1-9-11(3)19-14(15-9)8-18-13-7-5-4-6-12(13)10(2)16-17/h4-7,17H,8H2,1-3H3. The molecule has 0 aliphatic heterocycles. The van der Waals surface area contributed by atoms with Crippen molar-refractivity contribution in [2.45, 2.75) is 27.4 Å². The Kier molecular flexibility index (Phi) is 4.16. The number of thiazole rings is 1. The van der Waals surface area contributed by atoms with E-state index >= 15 is 0 Å². The second kappa shape index (κ2) is 5.84. The summed E-state index contributed by atoms with van der Waals surface area (Å²) < 4.78 is 5.77. The van der Waals surface area contributed by atoms with E-state index in [1.165, 1.54) is 4.88 Å². The maximum atomic E-state index is 8.86. The van der Waals surface area contributed by atoms with Crippen LogP contribution in [0.25, 0.3) is 0 Å². The lowest BCUT2D eigenvalue weighted by atomic mass is 10.1. The van der Waals surface area contributed by atoms with E-state index in [0.717, 1.165) is 16.3 Å². The molecule has 0 saturated heterocycles. The summed E-state index contributed by atoms with van der Waals surface area (Å²) in [6.45, 7) is 6.20. The summed E-state index contributed by atoms with van der Waals surface area (Å²) in [6.07, 6.45) is 0. The van der Waals surface area contributed by atoms with Crippen molar-refractivity contribution in [1.29, 1.82) is 0 Å². The van der Waals surface area contributed by atoms with Crippen LogP contribution in [-0.4, -0.2) is 15.9 Å². The van der Waals surface area contributed by atoms with Crippen LogP contribution in [0, 0.1) is 13.8 Å². The molecule has 19 heavy (non-hydrogen) atoms. The summed E-state index contributed by atoms with van der Waals surface area (Å²) in [7, 11) is 0. The third-order valence-electron chi connectivity index (χ3n) is 2.85. The molecule has 0 aliphatic rings. The molecule has 0 atom stereocenters. The van der Waals surface area contributed by atoms with Gasteiger partial charge >= 0.3 is 0 Å². The lowest BCUT2D eigenvalue weighted by Gasteiger charge is -2.09. The Labute approximate surface area is 116 Å². The van der Waals surface area contributed by atoms with Crippen molar-refractivity contribution in [3.63, 3.8) is 0 Å². The second-order valence-electron chi connectivity index (χ2n) is 4.22. The molecule has 100 valence electrons. The number of rotatable bonds is 4. The number of hydrogen-bond donors (Lipinski definition) is 1. The van der Waals surface area contributed by atoms with Crippen LogP contribution in [-0.2, 0) is 6.61 Å². The van der Waals surface area contributed by atoms with E-state index in [2.05, 4.69) is 10.1 Å². The zero-order valence-corrected chi connectivity index (χ0v) is 12.0. The van der Waals surface area contributed by atoms with Crippen LogP contribution in [0.5, 0.6) is 5.75 Å². The molecule has 0 aliphatic carbocycles. The molecule has 0 radical (unpaired) electrons. The zero-order valence-electron chi connectivity index (χ0n) is 11.2. The van der Waals surface area contributed by atoms with Crippen molar-refractivity contribution in [1.82, 2.24) is 4.98 Å². The molecule has 1 aromatic heterocycles. The first kappa shape index (κ1) is 13.5. The van der Waals surface area contributed by atoms with Crippen LogP contribution in [0.3, 0.4) is 0 Å². The van der Waals surface area contributed by atoms with Gasteiger partial charge in [-0.3, -0.25) is 0 Å². The van der Waals surface area contributed by atoms with Gasteiger partial charge in [-0.2, -0.15) is 0 Å². The maximum absolute atomic E-state index is 8.86. The molecule has 1 heterocycles. The van der Waals surface area contributed by atoms with Gasteiger partial charge in [-0.1, -0.05) is 17.3 Å². The minimum absolute atomic E-state index is 0.426. The van der Waals surface area contributed by atoms with Crippen molar-refractivity contribution >= 4 is 17.0 Å². The Hall–Kier alpha value is -1.88. The molecule has 0 fully saturated rings. The van der Waals surface area contributed by atoms with Crippen LogP contribution in [0.15, 0.2) is 29.4 Å². The quantitative estimate of drug-likeness (QED) is 0.528. The molecule has 5 heteroatoms. The maximum Gasteiger partial charge on any atom is 0.140 e. The van der Waals surface area contributed by atoms with Gasteiger partial charge in [0.2, 0.25) is 0 Å². The topological polar surface area (TPSA) is 54.7 Å². The largest absolute Gasteiger partial charge is 0.486 e. The molecular weight excluding hydrogens is 260 g/mol. The number of aromatic nitrogens is 1. The SMILES string of the molecule is CC(=NO)c1ccccc1OCc1nc(C)c(C)s1. The molecule has 1 aromatic carbocycles. The Morgan fingerprint density at radius 2 is 2.11 bits per heavy atom. The van der Waals surface area contributed by atoms with E-state index in [-0.39, 0.29) is 0 Å². The minimum Gasteiger partial charge on any atom is -0.486 e. The number of para-hydroxylation sites is 1. The first-order valence-electron chi connectivity index (χ1n) is 5.95. The van der Waals surface area contributed by atoms with Crippen LogP contribution in [0.2, 0.25) is 0 Å². The van der Waals surface area contributed by atoms with Gasteiger partial charge in [0.05, 0.1) is 11.4 Å². The van der Waals surface area contributed by atoms with E-state index < -0.39 is 0 Å². The molecule has 0 spiro atoms. The highest BCUT2D eigenvalue weighted by Crippen LogP contribution is 2.22. The highest BCUT2D eigenvalue weighted by Gasteiger charge is 2.09. The lowest BCUT2D eigenvalue weighted by molar-refractivity contribution is 0.302. The number of nitrogens with zero attached hydrogens (tertiary/aromatic N) is 2. The smallest absolute Gasteiger partial charge is 0.140 e. The van der Waals surface area contributed by atoms with Gasteiger partial charge in [-0.25, -0.2) is 4.98 Å². The van der Waals surface area contributed by atoms with Crippen LogP contribution < -0.4 is 4.74 Å². The molecule has 2 rings (SSSR count). The highest BCUT2D eigenvalue weighted by molar-refractivity contribution is 7.11. The molecule has 0 amide bonds. The summed E-state index contributed by atoms with van der Waals surface area (Å²) in [5.74, 6) is 0.698. The monoisotopic (exact) mass is 276 g/mol. The van der Waals surface area contributed by atoms with Gasteiger partial charge < -0.3 is 9.94 Å². The van der Waals surface area contributed by atoms with Crippen molar-refractivity contribution in [2.24, 2.45) is 5.16 Å². The molecular formula is C14H16N2O2S. The normalized spacial score (nSPS) is 11.6. The van der Waals surface area contributed by atoms with Gasteiger partial charge in [0.25, 0.3) is 0 Å². The third-order valence-corrected chi connectivity index (χ3v) is 3.90.